The fourth-order valence-corrected chi connectivity index (χ4v) is 4.11. The summed E-state index contributed by atoms with van der Waals surface area (Å²) >= 11 is 3.48. The SMILES string of the molecule is COc1cc(-c2noc(C3CCC(=O)N3Cc3cccc(Br)c3)n2)ccc1OC(C)C. The highest BCUT2D eigenvalue weighted by Gasteiger charge is 2.36. The van der Waals surface area contributed by atoms with Crippen LogP contribution in [0.3, 0.4) is 0 Å². The van der Waals surface area contributed by atoms with E-state index in [0.717, 1.165) is 15.6 Å². The van der Waals surface area contributed by atoms with Crippen LogP contribution in [0.15, 0.2) is 51.5 Å². The van der Waals surface area contributed by atoms with E-state index in [1.165, 1.54) is 0 Å². The number of ether oxygens (including phenoxy) is 2. The Balaban J connectivity index is 1.57. The molecular weight excluding hydrogens is 462 g/mol. The monoisotopic (exact) mass is 485 g/mol. The number of nitrogens with zero attached hydrogens (tertiary/aromatic N) is 3. The Bertz CT molecular complexity index is 1080. The van der Waals surface area contributed by atoms with Crippen molar-refractivity contribution in [3.8, 4) is 22.9 Å². The van der Waals surface area contributed by atoms with Crippen LogP contribution in [-0.4, -0.2) is 34.2 Å². The zero-order valence-electron chi connectivity index (χ0n) is 17.7. The van der Waals surface area contributed by atoms with Gasteiger partial charge in [0.05, 0.1) is 13.2 Å². The van der Waals surface area contributed by atoms with Crippen molar-refractivity contribution in [2.75, 3.05) is 7.11 Å². The lowest BCUT2D eigenvalue weighted by atomic mass is 10.1. The van der Waals surface area contributed by atoms with E-state index in [1.54, 1.807) is 12.0 Å². The van der Waals surface area contributed by atoms with Gasteiger partial charge < -0.3 is 18.9 Å². The first kappa shape index (κ1) is 21.4. The molecule has 1 saturated heterocycles. The van der Waals surface area contributed by atoms with Crippen molar-refractivity contribution in [1.82, 2.24) is 15.0 Å². The molecule has 2 heterocycles. The van der Waals surface area contributed by atoms with Gasteiger partial charge in [0.1, 0.15) is 6.04 Å². The van der Waals surface area contributed by atoms with E-state index < -0.39 is 0 Å². The van der Waals surface area contributed by atoms with Gasteiger partial charge in [-0.2, -0.15) is 4.98 Å². The van der Waals surface area contributed by atoms with Gasteiger partial charge in [-0.05, 0) is 56.2 Å². The van der Waals surface area contributed by atoms with Gasteiger partial charge in [-0.3, -0.25) is 4.79 Å². The van der Waals surface area contributed by atoms with Gasteiger partial charge in [-0.25, -0.2) is 0 Å². The number of benzene rings is 2. The molecule has 0 spiro atoms. The molecule has 1 unspecified atom stereocenters. The lowest BCUT2D eigenvalue weighted by Gasteiger charge is -2.22. The third-order valence-electron chi connectivity index (χ3n) is 5.08. The van der Waals surface area contributed by atoms with Gasteiger partial charge in [0.25, 0.3) is 0 Å². The first-order valence-corrected chi connectivity index (χ1v) is 11.0. The molecule has 1 aliphatic rings. The molecule has 1 atom stereocenters. The highest BCUT2D eigenvalue weighted by Crippen LogP contribution is 2.36. The third-order valence-corrected chi connectivity index (χ3v) is 5.57. The second-order valence-corrected chi connectivity index (χ2v) is 8.61. The molecule has 0 saturated carbocycles. The van der Waals surface area contributed by atoms with Crippen molar-refractivity contribution in [3.63, 3.8) is 0 Å². The summed E-state index contributed by atoms with van der Waals surface area (Å²) in [6, 6.07) is 13.2. The molecule has 1 aliphatic heterocycles. The first-order valence-electron chi connectivity index (χ1n) is 10.2. The van der Waals surface area contributed by atoms with E-state index in [-0.39, 0.29) is 18.1 Å². The van der Waals surface area contributed by atoms with Crippen molar-refractivity contribution in [2.24, 2.45) is 0 Å². The average molecular weight is 486 g/mol. The molecule has 7 nitrogen and oxygen atoms in total. The fourth-order valence-electron chi connectivity index (χ4n) is 3.67. The summed E-state index contributed by atoms with van der Waals surface area (Å²) in [7, 11) is 1.60. The number of rotatable bonds is 7. The molecule has 31 heavy (non-hydrogen) atoms. The minimum absolute atomic E-state index is 0.0349. The predicted octanol–water partition coefficient (Wildman–Crippen LogP) is 5.16. The fraction of sp³-hybridized carbons (Fsp3) is 0.348. The largest absolute Gasteiger partial charge is 0.493 e. The Kier molecular flexibility index (Phi) is 6.27. The van der Waals surface area contributed by atoms with Crippen LogP contribution in [0.4, 0.5) is 0 Å². The second kappa shape index (κ2) is 9.09. The van der Waals surface area contributed by atoms with E-state index in [0.29, 0.717) is 42.6 Å². The normalized spacial score (nSPS) is 16.2. The average Bonchev–Trinajstić information content (AvgIpc) is 3.35. The Labute approximate surface area is 189 Å². The molecule has 162 valence electrons. The summed E-state index contributed by atoms with van der Waals surface area (Å²) in [5.41, 5.74) is 1.80. The number of hydrogen-bond donors (Lipinski definition) is 0. The third kappa shape index (κ3) is 4.74. The number of amides is 1. The van der Waals surface area contributed by atoms with Crippen LogP contribution in [0.1, 0.15) is 44.2 Å². The number of aromatic nitrogens is 2. The molecule has 0 aliphatic carbocycles. The van der Waals surface area contributed by atoms with E-state index in [9.17, 15) is 4.79 Å². The van der Waals surface area contributed by atoms with Crippen molar-refractivity contribution in [1.29, 1.82) is 0 Å². The number of likely N-dealkylation sites (tertiary alicyclic amines) is 1. The van der Waals surface area contributed by atoms with E-state index in [1.807, 2.05) is 56.3 Å². The topological polar surface area (TPSA) is 77.7 Å². The number of carbonyl (C=O) groups excluding carboxylic acids is 1. The number of methoxy groups -OCH3 is 1. The molecule has 4 rings (SSSR count). The minimum atomic E-state index is -0.238. The molecule has 1 fully saturated rings. The maximum Gasteiger partial charge on any atom is 0.249 e. The lowest BCUT2D eigenvalue weighted by Crippen LogP contribution is -2.27. The molecular formula is C23H24BrN3O4. The molecule has 0 radical (unpaired) electrons. The maximum absolute atomic E-state index is 12.5. The highest BCUT2D eigenvalue weighted by atomic mass is 79.9. The smallest absolute Gasteiger partial charge is 0.249 e. The molecule has 2 aromatic carbocycles. The van der Waals surface area contributed by atoms with E-state index in [4.69, 9.17) is 14.0 Å². The lowest BCUT2D eigenvalue weighted by molar-refractivity contribution is -0.129. The summed E-state index contributed by atoms with van der Waals surface area (Å²) in [6.07, 6.45) is 1.15. The maximum atomic E-state index is 12.5. The van der Waals surface area contributed by atoms with Crippen molar-refractivity contribution >= 4 is 21.8 Å². The first-order chi connectivity index (χ1) is 14.9. The van der Waals surface area contributed by atoms with Gasteiger partial charge in [0.2, 0.25) is 17.6 Å². The Hall–Kier alpha value is -2.87. The highest BCUT2D eigenvalue weighted by molar-refractivity contribution is 9.10. The van der Waals surface area contributed by atoms with Crippen LogP contribution < -0.4 is 9.47 Å². The van der Waals surface area contributed by atoms with Gasteiger partial charge in [0.15, 0.2) is 11.5 Å². The standard InChI is InChI=1S/C23H24BrN3O4/c1-14(2)30-19-9-7-16(12-20(19)29-3)22-25-23(31-26-22)18-8-10-21(28)27(18)13-15-5-4-6-17(24)11-15/h4-7,9,11-12,14,18H,8,10,13H2,1-3H3. The van der Waals surface area contributed by atoms with Crippen LogP contribution in [0.25, 0.3) is 11.4 Å². The number of hydrogen-bond acceptors (Lipinski definition) is 6. The molecule has 0 bridgehead atoms. The summed E-state index contributed by atoms with van der Waals surface area (Å²) in [6.45, 7) is 4.42. The van der Waals surface area contributed by atoms with Crippen LogP contribution in [0.5, 0.6) is 11.5 Å². The summed E-state index contributed by atoms with van der Waals surface area (Å²) < 4.78 is 17.8. The van der Waals surface area contributed by atoms with Crippen LogP contribution in [-0.2, 0) is 11.3 Å². The Morgan fingerprint density at radius 1 is 1.23 bits per heavy atom. The Morgan fingerprint density at radius 3 is 2.81 bits per heavy atom. The van der Waals surface area contributed by atoms with Gasteiger partial charge in [-0.1, -0.05) is 33.2 Å². The van der Waals surface area contributed by atoms with Gasteiger partial charge in [-0.15, -0.1) is 0 Å². The summed E-state index contributed by atoms with van der Waals surface area (Å²) in [4.78, 5) is 18.9. The zero-order valence-corrected chi connectivity index (χ0v) is 19.3. The predicted molar refractivity (Wildman–Crippen MR) is 119 cm³/mol. The summed E-state index contributed by atoms with van der Waals surface area (Å²) in [5.74, 6) is 2.24. The van der Waals surface area contributed by atoms with Crippen LogP contribution >= 0.6 is 15.9 Å². The molecule has 1 aromatic heterocycles. The quantitative estimate of drug-likeness (QED) is 0.459. The molecule has 8 heteroatoms. The van der Waals surface area contributed by atoms with Crippen molar-refractivity contribution in [2.45, 2.75) is 45.4 Å². The summed E-state index contributed by atoms with van der Waals surface area (Å²) in [5, 5.41) is 4.15. The van der Waals surface area contributed by atoms with E-state index >= 15 is 0 Å². The molecule has 1 amide bonds. The van der Waals surface area contributed by atoms with Gasteiger partial charge >= 0.3 is 0 Å². The molecule has 0 N–H and O–H groups in total. The van der Waals surface area contributed by atoms with Crippen molar-refractivity contribution in [3.05, 3.63) is 58.4 Å². The zero-order chi connectivity index (χ0) is 22.0. The second-order valence-electron chi connectivity index (χ2n) is 7.69. The van der Waals surface area contributed by atoms with E-state index in [2.05, 4.69) is 26.1 Å². The van der Waals surface area contributed by atoms with Crippen LogP contribution in [0.2, 0.25) is 0 Å². The van der Waals surface area contributed by atoms with Crippen molar-refractivity contribution < 1.29 is 18.8 Å². The number of carbonyl (C=O) groups is 1. The van der Waals surface area contributed by atoms with Crippen LogP contribution in [0, 0.1) is 0 Å². The minimum Gasteiger partial charge on any atom is -0.493 e. The Morgan fingerprint density at radius 2 is 2.06 bits per heavy atom. The van der Waals surface area contributed by atoms with Gasteiger partial charge in [0, 0.05) is 23.0 Å². The molecule has 3 aromatic rings. The number of halogens is 1.